The van der Waals surface area contributed by atoms with Gasteiger partial charge in [-0.3, -0.25) is 4.79 Å². The minimum Gasteiger partial charge on any atom is -0.461 e. The van der Waals surface area contributed by atoms with Crippen molar-refractivity contribution in [3.05, 3.63) is 51.5 Å². The lowest BCUT2D eigenvalue weighted by atomic mass is 10.1. The molecule has 10 nitrogen and oxygen atoms in total. The van der Waals surface area contributed by atoms with Gasteiger partial charge in [0.25, 0.3) is 5.56 Å². The fraction of sp³-hybridized carbons (Fsp3) is 0.417. The van der Waals surface area contributed by atoms with Crippen LogP contribution in [0.25, 0.3) is 16.6 Å². The molecule has 1 aliphatic rings. The number of benzene rings is 1. The van der Waals surface area contributed by atoms with Crippen LogP contribution in [0.5, 0.6) is 0 Å². The average molecular weight is 502 g/mol. The molecule has 35 heavy (non-hydrogen) atoms. The zero-order valence-corrected chi connectivity index (χ0v) is 20.9. The maximum absolute atomic E-state index is 13.1. The summed E-state index contributed by atoms with van der Waals surface area (Å²) in [6.45, 7) is 9.15. The van der Waals surface area contributed by atoms with Gasteiger partial charge in [-0.05, 0) is 33.8 Å². The van der Waals surface area contributed by atoms with Crippen molar-refractivity contribution in [1.29, 1.82) is 0 Å². The van der Waals surface area contributed by atoms with Gasteiger partial charge in [0.2, 0.25) is 0 Å². The van der Waals surface area contributed by atoms with E-state index in [-0.39, 0.29) is 23.9 Å². The molecule has 1 fully saturated rings. The summed E-state index contributed by atoms with van der Waals surface area (Å²) in [6.07, 6.45) is 1.07. The number of H-pyrrole nitrogens is 1. The van der Waals surface area contributed by atoms with Gasteiger partial charge in [-0.15, -0.1) is 5.10 Å². The highest BCUT2D eigenvalue weighted by Crippen LogP contribution is 2.37. The van der Waals surface area contributed by atoms with Crippen molar-refractivity contribution in [2.24, 2.45) is 0 Å². The Hall–Kier alpha value is -3.53. The SMILES string of the molecule is CCOC(=O)c1cn2nc(N3CCN(C(=O)OC(C)(C)C)CC3)c(-c3ccccc3Cl)c2c(=O)[nH]1. The molecule has 0 aliphatic carbocycles. The Kier molecular flexibility index (Phi) is 6.75. The second kappa shape index (κ2) is 9.61. The van der Waals surface area contributed by atoms with E-state index in [0.717, 1.165) is 0 Å². The average Bonchev–Trinajstić information content (AvgIpc) is 3.18. The van der Waals surface area contributed by atoms with Gasteiger partial charge >= 0.3 is 12.1 Å². The molecule has 1 aliphatic heterocycles. The molecule has 1 N–H and O–H groups in total. The normalized spacial score (nSPS) is 14.3. The van der Waals surface area contributed by atoms with Crippen molar-refractivity contribution in [2.45, 2.75) is 33.3 Å². The number of fused-ring (bicyclic) bond motifs is 1. The van der Waals surface area contributed by atoms with Crippen LogP contribution in [-0.2, 0) is 9.47 Å². The summed E-state index contributed by atoms with van der Waals surface area (Å²) in [4.78, 5) is 44.1. The first-order valence-corrected chi connectivity index (χ1v) is 11.8. The number of amides is 1. The molecule has 1 aromatic carbocycles. The van der Waals surface area contributed by atoms with E-state index in [2.05, 4.69) is 10.1 Å². The number of rotatable bonds is 4. The number of nitrogens with one attached hydrogen (secondary N) is 1. The highest BCUT2D eigenvalue weighted by molar-refractivity contribution is 6.33. The number of piperazine rings is 1. The molecule has 0 radical (unpaired) electrons. The van der Waals surface area contributed by atoms with Gasteiger partial charge in [-0.25, -0.2) is 14.1 Å². The van der Waals surface area contributed by atoms with E-state index in [0.29, 0.717) is 48.1 Å². The van der Waals surface area contributed by atoms with Crippen LogP contribution in [0.1, 0.15) is 38.2 Å². The third-order valence-electron chi connectivity index (χ3n) is 5.48. The smallest absolute Gasteiger partial charge is 0.410 e. The molecule has 11 heteroatoms. The summed E-state index contributed by atoms with van der Waals surface area (Å²) >= 11 is 6.52. The number of halogens is 1. The van der Waals surface area contributed by atoms with E-state index in [1.54, 1.807) is 24.0 Å². The minimum absolute atomic E-state index is 0.00106. The van der Waals surface area contributed by atoms with Crippen LogP contribution in [0.4, 0.5) is 10.6 Å². The zero-order chi connectivity index (χ0) is 25.3. The van der Waals surface area contributed by atoms with Gasteiger partial charge < -0.3 is 24.3 Å². The molecular weight excluding hydrogens is 474 g/mol. The van der Waals surface area contributed by atoms with Crippen molar-refractivity contribution in [1.82, 2.24) is 19.5 Å². The maximum Gasteiger partial charge on any atom is 0.410 e. The largest absolute Gasteiger partial charge is 0.461 e. The molecule has 0 spiro atoms. The Morgan fingerprint density at radius 1 is 1.14 bits per heavy atom. The summed E-state index contributed by atoms with van der Waals surface area (Å²) in [5.41, 5.74) is 0.386. The van der Waals surface area contributed by atoms with Crippen LogP contribution >= 0.6 is 11.6 Å². The maximum atomic E-state index is 13.1. The fourth-order valence-electron chi connectivity index (χ4n) is 3.94. The molecule has 0 atom stereocenters. The molecule has 2 aromatic heterocycles. The first-order chi connectivity index (χ1) is 16.6. The van der Waals surface area contributed by atoms with Crippen LogP contribution in [0, 0.1) is 0 Å². The third-order valence-corrected chi connectivity index (χ3v) is 5.81. The predicted molar refractivity (Wildman–Crippen MR) is 132 cm³/mol. The number of ether oxygens (including phenoxy) is 2. The molecular formula is C24H28ClN5O5. The highest BCUT2D eigenvalue weighted by atomic mass is 35.5. The Bertz CT molecular complexity index is 1320. The standard InChI is InChI=1S/C24H28ClN5O5/c1-5-34-22(32)17-14-30-19(21(31)26-17)18(15-8-6-7-9-16(15)25)20(27-30)28-10-12-29(13-11-28)23(33)35-24(2,3)4/h6-9,14H,5,10-13H2,1-4H3,(H,26,31). The number of nitrogens with zero attached hydrogens (tertiary/aromatic N) is 4. The molecule has 0 unspecified atom stereocenters. The molecule has 1 saturated heterocycles. The monoisotopic (exact) mass is 501 g/mol. The van der Waals surface area contributed by atoms with E-state index in [1.165, 1.54) is 10.7 Å². The minimum atomic E-state index is -0.645. The van der Waals surface area contributed by atoms with Gasteiger partial charge in [-0.2, -0.15) is 0 Å². The summed E-state index contributed by atoms with van der Waals surface area (Å²) < 4.78 is 11.9. The molecule has 1 amide bonds. The fourth-order valence-corrected chi connectivity index (χ4v) is 4.17. The van der Waals surface area contributed by atoms with Gasteiger partial charge in [0.15, 0.2) is 5.82 Å². The van der Waals surface area contributed by atoms with E-state index in [9.17, 15) is 14.4 Å². The predicted octanol–water partition coefficient (Wildman–Crippen LogP) is 3.58. The van der Waals surface area contributed by atoms with E-state index >= 15 is 0 Å². The second-order valence-electron chi connectivity index (χ2n) is 9.14. The molecule has 3 aromatic rings. The summed E-state index contributed by atoms with van der Waals surface area (Å²) in [7, 11) is 0. The van der Waals surface area contributed by atoms with E-state index < -0.39 is 17.1 Å². The van der Waals surface area contributed by atoms with Crippen molar-refractivity contribution in [3.63, 3.8) is 0 Å². The quantitative estimate of drug-likeness (QED) is 0.544. The van der Waals surface area contributed by atoms with E-state index in [1.807, 2.05) is 37.8 Å². The van der Waals surface area contributed by atoms with Crippen LogP contribution in [0.2, 0.25) is 5.02 Å². The number of aromatic nitrogens is 3. The summed E-state index contributed by atoms with van der Waals surface area (Å²) in [5.74, 6) is -0.109. The Morgan fingerprint density at radius 3 is 2.46 bits per heavy atom. The van der Waals surface area contributed by atoms with Crippen molar-refractivity contribution in [2.75, 3.05) is 37.7 Å². The van der Waals surface area contributed by atoms with Crippen LogP contribution in [0.3, 0.4) is 0 Å². The summed E-state index contributed by atoms with van der Waals surface area (Å²) in [6, 6.07) is 7.19. The van der Waals surface area contributed by atoms with Gasteiger partial charge in [-0.1, -0.05) is 29.8 Å². The number of aromatic amines is 1. The number of esters is 1. The molecule has 186 valence electrons. The number of hydrogen-bond donors (Lipinski definition) is 1. The number of carbonyl (C=O) groups excluding carboxylic acids is 2. The van der Waals surface area contributed by atoms with Crippen molar-refractivity contribution >= 4 is 35.0 Å². The topological polar surface area (TPSA) is 109 Å². The first kappa shape index (κ1) is 24.6. The number of anilines is 1. The molecule has 3 heterocycles. The van der Waals surface area contributed by atoms with Gasteiger partial charge in [0.1, 0.15) is 16.8 Å². The lowest BCUT2D eigenvalue weighted by Crippen LogP contribution is -2.50. The second-order valence-corrected chi connectivity index (χ2v) is 9.55. The van der Waals surface area contributed by atoms with E-state index in [4.69, 9.17) is 21.1 Å². The summed E-state index contributed by atoms with van der Waals surface area (Å²) in [5, 5.41) is 5.13. The lowest BCUT2D eigenvalue weighted by Gasteiger charge is -2.36. The first-order valence-electron chi connectivity index (χ1n) is 11.4. The lowest BCUT2D eigenvalue weighted by molar-refractivity contribution is 0.0240. The number of carbonyl (C=O) groups is 2. The van der Waals surface area contributed by atoms with Crippen LogP contribution in [-0.4, -0.2) is 69.9 Å². The van der Waals surface area contributed by atoms with Crippen LogP contribution in [0.15, 0.2) is 35.3 Å². The Balaban J connectivity index is 1.75. The van der Waals surface area contributed by atoms with Crippen LogP contribution < -0.4 is 10.5 Å². The molecule has 0 saturated carbocycles. The molecule has 4 rings (SSSR count). The Labute approximate surface area is 207 Å². The zero-order valence-electron chi connectivity index (χ0n) is 20.1. The van der Waals surface area contributed by atoms with Gasteiger partial charge in [0, 0.05) is 36.8 Å². The van der Waals surface area contributed by atoms with Gasteiger partial charge in [0.05, 0.1) is 18.4 Å². The highest BCUT2D eigenvalue weighted by Gasteiger charge is 2.30. The van der Waals surface area contributed by atoms with Crippen molar-refractivity contribution < 1.29 is 19.1 Å². The Morgan fingerprint density at radius 2 is 1.83 bits per heavy atom. The van der Waals surface area contributed by atoms with Crippen molar-refractivity contribution in [3.8, 4) is 11.1 Å². The number of hydrogen-bond acceptors (Lipinski definition) is 7. The third kappa shape index (κ3) is 5.12. The molecule has 0 bridgehead atoms.